The Bertz CT molecular complexity index is 396. The lowest BCUT2D eigenvalue weighted by molar-refractivity contribution is -0.360. The summed E-state index contributed by atoms with van der Waals surface area (Å²) in [6.45, 7) is 0. The number of nitrogen functional groups attached to an aromatic ring is 1. The molecule has 0 amide bonds. The minimum Gasteiger partial charge on any atom is -0.287 e. The number of aromatic amines is 1. The van der Waals surface area contributed by atoms with Crippen molar-refractivity contribution in [2.45, 2.75) is 0 Å². The van der Waals surface area contributed by atoms with Gasteiger partial charge in [-0.3, -0.25) is 5.73 Å². The first-order valence-electron chi connectivity index (χ1n) is 4.19. The fraction of sp³-hybridized carbons (Fsp3) is 0. The third kappa shape index (κ3) is 1.67. The summed E-state index contributed by atoms with van der Waals surface area (Å²) in [6, 6.07) is 14.1. The predicted octanol–water partition coefficient (Wildman–Crippen LogP) is 1.75. The van der Waals surface area contributed by atoms with E-state index in [0.717, 1.165) is 5.56 Å². The van der Waals surface area contributed by atoms with Crippen molar-refractivity contribution in [2.75, 3.05) is 5.73 Å². The third-order valence-corrected chi connectivity index (χ3v) is 1.93. The van der Waals surface area contributed by atoms with Gasteiger partial charge < -0.3 is 0 Å². The summed E-state index contributed by atoms with van der Waals surface area (Å²) in [5.41, 5.74) is 7.96. The molecule has 2 heteroatoms. The summed E-state index contributed by atoms with van der Waals surface area (Å²) >= 11 is 0. The van der Waals surface area contributed by atoms with Gasteiger partial charge in [-0.1, -0.05) is 30.3 Å². The fourth-order valence-corrected chi connectivity index (χ4v) is 1.30. The molecule has 1 heterocycles. The van der Waals surface area contributed by atoms with Gasteiger partial charge in [0.2, 0.25) is 0 Å². The van der Waals surface area contributed by atoms with Crippen LogP contribution in [0.2, 0.25) is 0 Å². The van der Waals surface area contributed by atoms with E-state index in [1.165, 1.54) is 5.56 Å². The van der Waals surface area contributed by atoms with Gasteiger partial charge in [-0.05, 0) is 17.2 Å². The largest absolute Gasteiger partial charge is 0.287 e. The lowest BCUT2D eigenvalue weighted by Crippen LogP contribution is -2.08. The Labute approximate surface area is 77.0 Å². The molecule has 2 aromatic rings. The average molecular weight is 171 g/mol. The number of aromatic nitrogens is 1. The Hall–Kier alpha value is -1.83. The van der Waals surface area contributed by atoms with Crippen LogP contribution in [0.3, 0.4) is 0 Å². The van der Waals surface area contributed by atoms with Crippen LogP contribution in [0, 0.1) is 0 Å². The maximum absolute atomic E-state index is 5.64. The number of nitrogens with two attached hydrogens (primary N) is 1. The highest BCUT2D eigenvalue weighted by Crippen LogP contribution is 2.17. The number of H-pyrrole nitrogens is 1. The second-order valence-corrected chi connectivity index (χ2v) is 2.90. The van der Waals surface area contributed by atoms with Gasteiger partial charge in [-0.2, -0.15) is 0 Å². The molecule has 1 aromatic carbocycles. The first kappa shape index (κ1) is 7.80. The van der Waals surface area contributed by atoms with Crippen molar-refractivity contribution in [3.8, 4) is 11.1 Å². The first-order valence-corrected chi connectivity index (χ1v) is 4.19. The van der Waals surface area contributed by atoms with Gasteiger partial charge in [0.15, 0.2) is 0 Å². The molecule has 2 nitrogen and oxygen atoms in total. The van der Waals surface area contributed by atoms with Crippen LogP contribution in [0.1, 0.15) is 0 Å². The maximum Gasteiger partial charge on any atom is 0.270 e. The standard InChI is InChI=1S/C11H10N2/c12-11-8-10(6-7-13-11)9-4-2-1-3-5-9/h1-8H,(H2,12,13)/p+1. The van der Waals surface area contributed by atoms with Crippen LogP contribution < -0.4 is 10.7 Å². The number of benzene rings is 1. The Morgan fingerprint density at radius 1 is 0.923 bits per heavy atom. The van der Waals surface area contributed by atoms with E-state index < -0.39 is 0 Å². The number of rotatable bonds is 1. The zero-order chi connectivity index (χ0) is 9.10. The van der Waals surface area contributed by atoms with E-state index in [0.29, 0.717) is 5.82 Å². The van der Waals surface area contributed by atoms with Crippen LogP contribution in [-0.2, 0) is 0 Å². The van der Waals surface area contributed by atoms with Gasteiger partial charge in [-0.25, -0.2) is 4.98 Å². The molecule has 0 aliphatic carbocycles. The molecule has 13 heavy (non-hydrogen) atoms. The summed E-state index contributed by atoms with van der Waals surface area (Å²) in [5.74, 6) is 0.682. The zero-order valence-electron chi connectivity index (χ0n) is 7.20. The number of hydrogen-bond donors (Lipinski definition) is 1. The molecule has 2 rings (SSSR count). The lowest BCUT2D eigenvalue weighted by Gasteiger charge is -1.98. The second kappa shape index (κ2) is 3.27. The van der Waals surface area contributed by atoms with Gasteiger partial charge in [0.25, 0.3) is 5.82 Å². The van der Waals surface area contributed by atoms with Crippen LogP contribution in [0.15, 0.2) is 48.7 Å². The van der Waals surface area contributed by atoms with Gasteiger partial charge in [0.05, 0.1) is 6.20 Å². The van der Waals surface area contributed by atoms with Crippen molar-refractivity contribution in [2.24, 2.45) is 0 Å². The monoisotopic (exact) mass is 171 g/mol. The molecule has 0 saturated heterocycles. The SMILES string of the molecule is Nc1cc(-c2ccccc2)cc[nH+]1. The van der Waals surface area contributed by atoms with Crippen molar-refractivity contribution >= 4 is 5.82 Å². The first-order chi connectivity index (χ1) is 6.36. The topological polar surface area (TPSA) is 40.2 Å². The molecule has 0 saturated carbocycles. The fourth-order valence-electron chi connectivity index (χ4n) is 1.30. The third-order valence-electron chi connectivity index (χ3n) is 1.93. The number of pyridine rings is 1. The maximum atomic E-state index is 5.64. The highest BCUT2D eigenvalue weighted by Gasteiger charge is 1.98. The highest BCUT2D eigenvalue weighted by molar-refractivity contribution is 5.64. The van der Waals surface area contributed by atoms with E-state index >= 15 is 0 Å². The van der Waals surface area contributed by atoms with Crippen molar-refractivity contribution in [3.05, 3.63) is 48.7 Å². The van der Waals surface area contributed by atoms with Crippen LogP contribution in [0.4, 0.5) is 5.82 Å². The van der Waals surface area contributed by atoms with Gasteiger partial charge in [0, 0.05) is 6.07 Å². The quantitative estimate of drug-likeness (QED) is 0.697. The molecule has 1 aromatic heterocycles. The Morgan fingerprint density at radius 3 is 2.38 bits per heavy atom. The van der Waals surface area contributed by atoms with Crippen molar-refractivity contribution in [1.29, 1.82) is 0 Å². The Balaban J connectivity index is 2.48. The van der Waals surface area contributed by atoms with Crippen molar-refractivity contribution < 1.29 is 4.98 Å². The minimum atomic E-state index is 0.682. The molecule has 0 spiro atoms. The van der Waals surface area contributed by atoms with Gasteiger partial charge >= 0.3 is 0 Å². The van der Waals surface area contributed by atoms with Gasteiger partial charge in [0.1, 0.15) is 0 Å². The molecular formula is C11H11N2+. The number of anilines is 1. The predicted molar refractivity (Wildman–Crippen MR) is 52.8 cm³/mol. The van der Waals surface area contributed by atoms with Crippen LogP contribution >= 0.6 is 0 Å². The van der Waals surface area contributed by atoms with E-state index in [-0.39, 0.29) is 0 Å². The molecule has 0 atom stereocenters. The molecular weight excluding hydrogens is 160 g/mol. The number of hydrogen-bond acceptors (Lipinski definition) is 1. The summed E-state index contributed by atoms with van der Waals surface area (Å²) in [7, 11) is 0. The smallest absolute Gasteiger partial charge is 0.270 e. The Morgan fingerprint density at radius 2 is 1.69 bits per heavy atom. The summed E-state index contributed by atoms with van der Waals surface area (Å²) in [4.78, 5) is 2.92. The molecule has 0 aliphatic rings. The normalized spacial score (nSPS) is 9.85. The Kier molecular flexibility index (Phi) is 1.96. The van der Waals surface area contributed by atoms with Crippen molar-refractivity contribution in [3.63, 3.8) is 0 Å². The van der Waals surface area contributed by atoms with E-state index in [2.05, 4.69) is 17.1 Å². The summed E-state index contributed by atoms with van der Waals surface area (Å²) in [6.07, 6.45) is 1.84. The van der Waals surface area contributed by atoms with Crippen LogP contribution in [0.25, 0.3) is 11.1 Å². The van der Waals surface area contributed by atoms with E-state index in [9.17, 15) is 0 Å². The van der Waals surface area contributed by atoms with E-state index in [4.69, 9.17) is 5.73 Å². The molecule has 0 bridgehead atoms. The van der Waals surface area contributed by atoms with E-state index in [1.807, 2.05) is 36.5 Å². The lowest BCUT2D eigenvalue weighted by atomic mass is 10.1. The van der Waals surface area contributed by atoms with Crippen LogP contribution in [-0.4, -0.2) is 0 Å². The van der Waals surface area contributed by atoms with E-state index in [1.54, 1.807) is 0 Å². The van der Waals surface area contributed by atoms with Crippen LogP contribution in [0.5, 0.6) is 0 Å². The zero-order valence-corrected chi connectivity index (χ0v) is 7.20. The van der Waals surface area contributed by atoms with Gasteiger partial charge in [-0.15, -0.1) is 0 Å². The molecule has 0 radical (unpaired) electrons. The molecule has 0 fully saturated rings. The molecule has 64 valence electrons. The molecule has 0 aliphatic heterocycles. The second-order valence-electron chi connectivity index (χ2n) is 2.90. The highest BCUT2D eigenvalue weighted by atomic mass is 14.8. The molecule has 3 N–H and O–H groups in total. The van der Waals surface area contributed by atoms with Crippen molar-refractivity contribution in [1.82, 2.24) is 0 Å². The molecule has 0 unspecified atom stereocenters. The minimum absolute atomic E-state index is 0.682. The average Bonchev–Trinajstić information content (AvgIpc) is 2.19. The summed E-state index contributed by atoms with van der Waals surface area (Å²) in [5, 5.41) is 0. The number of nitrogens with one attached hydrogen (secondary N) is 1. The summed E-state index contributed by atoms with van der Waals surface area (Å²) < 4.78 is 0.